The Labute approximate surface area is 170 Å². The second kappa shape index (κ2) is 8.34. The van der Waals surface area contributed by atoms with Crippen molar-refractivity contribution in [3.8, 4) is 5.75 Å². The number of methoxy groups -OCH3 is 1. The molecule has 0 bridgehead atoms. The fraction of sp³-hybridized carbons (Fsp3) is 0.250. The van der Waals surface area contributed by atoms with E-state index < -0.39 is 10.0 Å². The zero-order valence-corrected chi connectivity index (χ0v) is 17.5. The maximum Gasteiger partial charge on any atom is 0.240 e. The Morgan fingerprint density at radius 1 is 1.11 bits per heavy atom. The maximum absolute atomic E-state index is 12.6. The van der Waals surface area contributed by atoms with Gasteiger partial charge in [-0.2, -0.15) is 5.10 Å². The van der Waals surface area contributed by atoms with Crippen molar-refractivity contribution >= 4 is 21.6 Å². The molecule has 3 rings (SSSR count). The van der Waals surface area contributed by atoms with Crippen LogP contribution in [-0.4, -0.2) is 25.3 Å². The molecule has 8 heteroatoms. The first kappa shape index (κ1) is 20.4. The van der Waals surface area contributed by atoms with Gasteiger partial charge in [0, 0.05) is 12.2 Å². The predicted octanol–water partition coefficient (Wildman–Crippen LogP) is 3.69. The average Bonchev–Trinajstić information content (AvgIpc) is 2.97. The third kappa shape index (κ3) is 4.73. The minimum absolute atomic E-state index is 0.0945. The number of nitrogens with zero attached hydrogens (tertiary/aromatic N) is 2. The second-order valence-corrected chi connectivity index (χ2v) is 8.70. The van der Waals surface area contributed by atoms with Crippen LogP contribution in [0.15, 0.2) is 53.4 Å². The first-order valence-corrected chi connectivity index (χ1v) is 10.6. The maximum atomic E-state index is 12.6. The number of benzene rings is 2. The summed E-state index contributed by atoms with van der Waals surface area (Å²) in [6.45, 7) is 4.78. The molecule has 0 aliphatic rings. The monoisotopic (exact) mass is 419 g/mol. The first-order chi connectivity index (χ1) is 13.3. The summed E-state index contributed by atoms with van der Waals surface area (Å²) in [6, 6.07) is 14.2. The number of hydrogen-bond donors (Lipinski definition) is 1. The number of nitrogens with one attached hydrogen (secondary N) is 1. The zero-order valence-electron chi connectivity index (χ0n) is 15.9. The molecule has 0 spiro atoms. The van der Waals surface area contributed by atoms with E-state index in [1.807, 2.05) is 48.9 Å². The summed E-state index contributed by atoms with van der Waals surface area (Å²) < 4.78 is 34.7. The summed E-state index contributed by atoms with van der Waals surface area (Å²) >= 11 is 6.04. The van der Waals surface area contributed by atoms with Gasteiger partial charge in [0.2, 0.25) is 10.0 Å². The third-order valence-electron chi connectivity index (χ3n) is 4.33. The summed E-state index contributed by atoms with van der Waals surface area (Å²) in [6.07, 6.45) is 0. The van der Waals surface area contributed by atoms with Gasteiger partial charge in [-0.25, -0.2) is 13.1 Å². The van der Waals surface area contributed by atoms with E-state index in [-0.39, 0.29) is 16.5 Å². The zero-order chi connectivity index (χ0) is 20.3. The van der Waals surface area contributed by atoms with E-state index in [9.17, 15) is 8.42 Å². The topological polar surface area (TPSA) is 73.2 Å². The summed E-state index contributed by atoms with van der Waals surface area (Å²) in [7, 11) is -2.21. The smallest absolute Gasteiger partial charge is 0.240 e. The van der Waals surface area contributed by atoms with Crippen LogP contribution in [0, 0.1) is 13.8 Å². The minimum Gasteiger partial charge on any atom is -0.495 e. The molecule has 148 valence electrons. The van der Waals surface area contributed by atoms with Gasteiger partial charge in [-0.05, 0) is 49.2 Å². The predicted molar refractivity (Wildman–Crippen MR) is 109 cm³/mol. The summed E-state index contributed by atoms with van der Waals surface area (Å²) in [5.41, 5.74) is 3.97. The van der Waals surface area contributed by atoms with Crippen LogP contribution in [0.25, 0.3) is 0 Å². The Balaban J connectivity index is 1.72. The highest BCUT2D eigenvalue weighted by Crippen LogP contribution is 2.26. The average molecular weight is 420 g/mol. The molecule has 0 aliphatic carbocycles. The van der Waals surface area contributed by atoms with Crippen molar-refractivity contribution in [2.45, 2.75) is 31.8 Å². The van der Waals surface area contributed by atoms with E-state index >= 15 is 0 Å². The fourth-order valence-electron chi connectivity index (χ4n) is 2.92. The summed E-state index contributed by atoms with van der Waals surface area (Å²) in [5, 5.41) is 4.71. The molecule has 28 heavy (non-hydrogen) atoms. The van der Waals surface area contributed by atoms with Crippen LogP contribution in [0.2, 0.25) is 5.02 Å². The van der Waals surface area contributed by atoms with Crippen LogP contribution in [0.3, 0.4) is 0 Å². The molecule has 0 saturated carbocycles. The van der Waals surface area contributed by atoms with Crippen molar-refractivity contribution in [3.63, 3.8) is 0 Å². The van der Waals surface area contributed by atoms with Gasteiger partial charge in [0.1, 0.15) is 5.75 Å². The van der Waals surface area contributed by atoms with Gasteiger partial charge in [0.25, 0.3) is 0 Å². The molecule has 1 N–H and O–H groups in total. The summed E-state index contributed by atoms with van der Waals surface area (Å²) in [4.78, 5) is 0.0945. The second-order valence-electron chi connectivity index (χ2n) is 6.53. The molecule has 0 amide bonds. The van der Waals surface area contributed by atoms with E-state index in [0.717, 1.165) is 22.5 Å². The molecule has 3 aromatic rings. The van der Waals surface area contributed by atoms with E-state index in [1.54, 1.807) is 0 Å². The molecule has 0 aliphatic heterocycles. The molecule has 0 radical (unpaired) electrons. The van der Waals surface area contributed by atoms with E-state index in [2.05, 4.69) is 9.82 Å². The van der Waals surface area contributed by atoms with Gasteiger partial charge in [0.05, 0.1) is 29.3 Å². The van der Waals surface area contributed by atoms with Gasteiger partial charge in [-0.1, -0.05) is 35.9 Å². The lowest BCUT2D eigenvalue weighted by Crippen LogP contribution is -2.23. The lowest BCUT2D eigenvalue weighted by molar-refractivity contribution is 0.414. The van der Waals surface area contributed by atoms with E-state index in [0.29, 0.717) is 12.3 Å². The number of sulfonamides is 1. The number of ether oxygens (including phenoxy) is 1. The first-order valence-electron chi connectivity index (χ1n) is 8.70. The molecular formula is C20H22ClN3O3S. The van der Waals surface area contributed by atoms with Crippen molar-refractivity contribution in [3.05, 3.63) is 76.1 Å². The molecule has 6 nitrogen and oxygen atoms in total. The molecule has 1 heterocycles. The number of halogens is 1. The van der Waals surface area contributed by atoms with Gasteiger partial charge in [-0.15, -0.1) is 0 Å². The fourth-order valence-corrected chi connectivity index (χ4v) is 4.29. The number of rotatable bonds is 7. The van der Waals surface area contributed by atoms with Crippen LogP contribution < -0.4 is 9.46 Å². The number of aryl methyl sites for hydroxylation is 2. The normalized spacial score (nSPS) is 11.6. The molecule has 0 unspecified atom stereocenters. The van der Waals surface area contributed by atoms with Crippen molar-refractivity contribution < 1.29 is 13.2 Å². The van der Waals surface area contributed by atoms with Crippen molar-refractivity contribution in [2.75, 3.05) is 7.11 Å². The largest absolute Gasteiger partial charge is 0.495 e. The van der Waals surface area contributed by atoms with E-state index in [1.165, 1.54) is 25.3 Å². The van der Waals surface area contributed by atoms with Gasteiger partial charge in [-0.3, -0.25) is 4.68 Å². The Bertz CT molecular complexity index is 1090. The SMILES string of the molecule is COc1ccc(S(=O)(=O)NCc2cccc(Cn3nc(C)cc3C)c2)cc1Cl. The number of hydrogen-bond acceptors (Lipinski definition) is 4. The Morgan fingerprint density at radius 3 is 2.50 bits per heavy atom. The lowest BCUT2D eigenvalue weighted by Gasteiger charge is -2.10. The molecular weight excluding hydrogens is 398 g/mol. The Hall–Kier alpha value is -2.35. The Morgan fingerprint density at radius 2 is 1.86 bits per heavy atom. The minimum atomic E-state index is -3.69. The highest BCUT2D eigenvalue weighted by Gasteiger charge is 2.16. The molecule has 0 fully saturated rings. The molecule has 2 aromatic carbocycles. The molecule has 1 aromatic heterocycles. The van der Waals surface area contributed by atoms with Crippen molar-refractivity contribution in [2.24, 2.45) is 0 Å². The van der Waals surface area contributed by atoms with Crippen molar-refractivity contribution in [1.29, 1.82) is 0 Å². The van der Waals surface area contributed by atoms with E-state index in [4.69, 9.17) is 16.3 Å². The van der Waals surface area contributed by atoms with Gasteiger partial charge in [0.15, 0.2) is 0 Å². The number of aromatic nitrogens is 2. The van der Waals surface area contributed by atoms with Crippen LogP contribution in [0.4, 0.5) is 0 Å². The summed E-state index contributed by atoms with van der Waals surface area (Å²) in [5.74, 6) is 0.428. The standard InChI is InChI=1S/C20H22ClN3O3S/c1-14-9-15(2)24(23-14)13-17-6-4-5-16(10-17)12-22-28(25,26)18-7-8-20(27-3)19(21)11-18/h4-11,22H,12-13H2,1-3H3. The van der Waals surface area contributed by atoms with Gasteiger partial charge < -0.3 is 4.74 Å². The van der Waals surface area contributed by atoms with Crippen LogP contribution in [-0.2, 0) is 23.1 Å². The highest BCUT2D eigenvalue weighted by atomic mass is 35.5. The van der Waals surface area contributed by atoms with Crippen LogP contribution >= 0.6 is 11.6 Å². The lowest BCUT2D eigenvalue weighted by atomic mass is 10.1. The third-order valence-corrected chi connectivity index (χ3v) is 6.02. The Kier molecular flexibility index (Phi) is 6.07. The van der Waals surface area contributed by atoms with Gasteiger partial charge >= 0.3 is 0 Å². The van der Waals surface area contributed by atoms with Crippen LogP contribution in [0.1, 0.15) is 22.5 Å². The highest BCUT2D eigenvalue weighted by molar-refractivity contribution is 7.89. The van der Waals surface area contributed by atoms with Crippen molar-refractivity contribution in [1.82, 2.24) is 14.5 Å². The molecule has 0 saturated heterocycles. The van der Waals surface area contributed by atoms with Crippen LogP contribution in [0.5, 0.6) is 5.75 Å². The quantitative estimate of drug-likeness (QED) is 0.633. The molecule has 0 atom stereocenters.